The molecule has 0 aliphatic carbocycles. The van der Waals surface area contributed by atoms with E-state index in [4.69, 9.17) is 16.6 Å². The van der Waals surface area contributed by atoms with E-state index in [1.54, 1.807) is 0 Å². The summed E-state index contributed by atoms with van der Waals surface area (Å²) in [5, 5.41) is 44.3. The minimum atomic E-state index is -1.52. The second-order valence-electron chi connectivity index (χ2n) is 8.40. The number of aliphatic carboxylic acids is 2. The summed E-state index contributed by atoms with van der Waals surface area (Å²) in [4.78, 5) is 60.3. The lowest BCUT2D eigenvalue weighted by Crippen LogP contribution is -2.58. The van der Waals surface area contributed by atoms with Crippen molar-refractivity contribution in [2.75, 3.05) is 13.2 Å². The number of rotatable bonds is 17. The monoisotopic (exact) mass is 525 g/mol. The molecular formula is C23H35N5O9. The lowest BCUT2D eigenvalue weighted by atomic mass is 10.0. The average Bonchev–Trinajstić information content (AvgIpc) is 2.85. The number of carboxylic acid groups (broad SMARTS) is 2. The van der Waals surface area contributed by atoms with Gasteiger partial charge >= 0.3 is 11.9 Å². The van der Waals surface area contributed by atoms with Gasteiger partial charge in [-0.05, 0) is 49.9 Å². The number of aliphatic hydroxyl groups excluding tert-OH is 1. The Kier molecular flexibility index (Phi) is 13.6. The fraction of sp³-hybridized carbons (Fsp3) is 0.522. The molecule has 0 aromatic heterocycles. The highest BCUT2D eigenvalue weighted by molar-refractivity contribution is 5.94. The van der Waals surface area contributed by atoms with E-state index < -0.39 is 60.4 Å². The fourth-order valence-electron chi connectivity index (χ4n) is 3.25. The van der Waals surface area contributed by atoms with Gasteiger partial charge in [-0.25, -0.2) is 4.79 Å². The molecule has 37 heavy (non-hydrogen) atoms. The first-order valence-electron chi connectivity index (χ1n) is 11.7. The van der Waals surface area contributed by atoms with E-state index in [0.717, 1.165) is 0 Å². The molecule has 0 saturated carbocycles. The molecule has 14 heteroatoms. The van der Waals surface area contributed by atoms with Crippen molar-refractivity contribution in [3.8, 4) is 5.75 Å². The molecule has 0 aliphatic heterocycles. The van der Waals surface area contributed by atoms with E-state index in [0.29, 0.717) is 24.9 Å². The van der Waals surface area contributed by atoms with Crippen LogP contribution in [-0.2, 0) is 30.4 Å². The van der Waals surface area contributed by atoms with Gasteiger partial charge in [0.1, 0.15) is 23.9 Å². The number of hydrogen-bond acceptors (Lipinski definition) is 9. The van der Waals surface area contributed by atoms with Crippen LogP contribution in [0.15, 0.2) is 24.3 Å². The molecule has 14 nitrogen and oxygen atoms in total. The Labute approximate surface area is 213 Å². The first-order valence-corrected chi connectivity index (χ1v) is 11.7. The molecular weight excluding hydrogens is 490 g/mol. The quantitative estimate of drug-likeness (QED) is 0.0985. The number of carbonyl (C=O) groups excluding carboxylic acids is 3. The highest BCUT2D eigenvalue weighted by Gasteiger charge is 2.30. The molecule has 4 atom stereocenters. The fourth-order valence-corrected chi connectivity index (χ4v) is 3.25. The first-order chi connectivity index (χ1) is 17.5. The Morgan fingerprint density at radius 3 is 1.92 bits per heavy atom. The third-order valence-electron chi connectivity index (χ3n) is 5.39. The molecule has 4 unspecified atom stereocenters. The van der Waals surface area contributed by atoms with Crippen molar-refractivity contribution in [1.29, 1.82) is 0 Å². The van der Waals surface area contributed by atoms with Crippen LogP contribution in [0.4, 0.5) is 0 Å². The van der Waals surface area contributed by atoms with Crippen molar-refractivity contribution in [2.45, 2.75) is 62.7 Å². The van der Waals surface area contributed by atoms with Gasteiger partial charge < -0.3 is 47.8 Å². The van der Waals surface area contributed by atoms with Crippen LogP contribution >= 0.6 is 0 Å². The van der Waals surface area contributed by atoms with Crippen LogP contribution in [0, 0.1) is 0 Å². The maximum absolute atomic E-state index is 13.0. The molecule has 0 aliphatic rings. The van der Waals surface area contributed by atoms with E-state index in [1.807, 2.05) is 0 Å². The number of benzene rings is 1. The highest BCUT2D eigenvalue weighted by atomic mass is 16.4. The summed E-state index contributed by atoms with van der Waals surface area (Å²) in [5.74, 6) is -5.10. The first kappa shape index (κ1) is 31.3. The minimum absolute atomic E-state index is 0.0260. The lowest BCUT2D eigenvalue weighted by Gasteiger charge is -2.24. The zero-order valence-electron chi connectivity index (χ0n) is 20.3. The van der Waals surface area contributed by atoms with Gasteiger partial charge in [0.25, 0.3) is 0 Å². The smallest absolute Gasteiger partial charge is 0.326 e. The van der Waals surface area contributed by atoms with Gasteiger partial charge in [-0.3, -0.25) is 19.2 Å². The minimum Gasteiger partial charge on any atom is -0.508 e. The van der Waals surface area contributed by atoms with Crippen LogP contribution in [0.1, 0.15) is 37.7 Å². The Balaban J connectivity index is 3.00. The molecule has 206 valence electrons. The molecule has 11 N–H and O–H groups in total. The van der Waals surface area contributed by atoms with Crippen molar-refractivity contribution in [3.63, 3.8) is 0 Å². The number of nitrogens with two attached hydrogens (primary N) is 2. The molecule has 1 aromatic carbocycles. The number of hydrogen-bond donors (Lipinski definition) is 9. The van der Waals surface area contributed by atoms with Crippen molar-refractivity contribution in [1.82, 2.24) is 16.0 Å². The van der Waals surface area contributed by atoms with Crippen molar-refractivity contribution in [2.24, 2.45) is 11.5 Å². The van der Waals surface area contributed by atoms with Gasteiger partial charge in [-0.2, -0.15) is 0 Å². The second kappa shape index (κ2) is 16.1. The maximum atomic E-state index is 13.0. The molecule has 0 fully saturated rings. The van der Waals surface area contributed by atoms with Gasteiger partial charge in [-0.15, -0.1) is 0 Å². The lowest BCUT2D eigenvalue weighted by molar-refractivity contribution is -0.142. The summed E-state index contributed by atoms with van der Waals surface area (Å²) in [6.45, 7) is -0.498. The Hall–Kier alpha value is -3.75. The predicted molar refractivity (Wildman–Crippen MR) is 130 cm³/mol. The average molecular weight is 526 g/mol. The predicted octanol–water partition coefficient (Wildman–Crippen LogP) is -2.21. The third-order valence-corrected chi connectivity index (χ3v) is 5.39. The molecule has 3 amide bonds. The molecule has 0 saturated heterocycles. The zero-order chi connectivity index (χ0) is 28.0. The number of amides is 3. The number of carboxylic acids is 2. The maximum Gasteiger partial charge on any atom is 0.326 e. The Morgan fingerprint density at radius 1 is 0.811 bits per heavy atom. The number of phenols is 1. The Morgan fingerprint density at radius 2 is 1.38 bits per heavy atom. The second-order valence-corrected chi connectivity index (χ2v) is 8.40. The number of aliphatic hydroxyl groups is 1. The number of unbranched alkanes of at least 4 members (excludes halogenated alkanes) is 1. The standard InChI is InChI=1S/C23H35N5O9/c24-10-2-1-3-16(23(36)37)26-21(34)17(11-13-4-6-14(30)7-5-13)27-22(35)18(12-29)28-20(33)15(25)8-9-19(31)32/h4-7,15-18,29-30H,1-3,8-12,24-25H2,(H,26,34)(H,27,35)(H,28,33)(H,31,32)(H,36,37). The zero-order valence-corrected chi connectivity index (χ0v) is 20.3. The van der Waals surface area contributed by atoms with Crippen LogP contribution in [0.3, 0.4) is 0 Å². The molecule has 0 radical (unpaired) electrons. The molecule has 1 aromatic rings. The number of nitrogens with one attached hydrogen (secondary N) is 3. The topological polar surface area (TPSA) is 254 Å². The molecule has 1 rings (SSSR count). The van der Waals surface area contributed by atoms with E-state index in [9.17, 15) is 39.3 Å². The van der Waals surface area contributed by atoms with Crippen LogP contribution in [0.25, 0.3) is 0 Å². The van der Waals surface area contributed by atoms with Crippen LogP contribution in [0.2, 0.25) is 0 Å². The van der Waals surface area contributed by atoms with Gasteiger partial charge in [-0.1, -0.05) is 12.1 Å². The van der Waals surface area contributed by atoms with Gasteiger partial charge in [0.15, 0.2) is 0 Å². The molecule has 0 spiro atoms. The van der Waals surface area contributed by atoms with Crippen molar-refractivity contribution >= 4 is 29.7 Å². The third kappa shape index (κ3) is 11.7. The van der Waals surface area contributed by atoms with Gasteiger partial charge in [0.2, 0.25) is 17.7 Å². The summed E-state index contributed by atoms with van der Waals surface area (Å²) in [6, 6.07) is 0.438. The normalized spacial score (nSPS) is 14.0. The number of aromatic hydroxyl groups is 1. The SMILES string of the molecule is NCCCCC(NC(=O)C(Cc1ccc(O)cc1)NC(=O)C(CO)NC(=O)C(N)CCC(=O)O)C(=O)O. The van der Waals surface area contributed by atoms with Crippen LogP contribution in [-0.4, -0.2) is 87.4 Å². The highest BCUT2D eigenvalue weighted by Crippen LogP contribution is 2.12. The molecule has 0 heterocycles. The van der Waals surface area contributed by atoms with Crippen molar-refractivity contribution in [3.05, 3.63) is 29.8 Å². The van der Waals surface area contributed by atoms with E-state index in [1.165, 1.54) is 24.3 Å². The van der Waals surface area contributed by atoms with Crippen LogP contribution in [0.5, 0.6) is 5.75 Å². The molecule has 0 bridgehead atoms. The van der Waals surface area contributed by atoms with E-state index in [2.05, 4.69) is 16.0 Å². The number of carbonyl (C=O) groups is 5. The van der Waals surface area contributed by atoms with Gasteiger partial charge in [0, 0.05) is 12.8 Å². The summed E-state index contributed by atoms with van der Waals surface area (Å²) in [6.07, 6.45) is 0.436. The van der Waals surface area contributed by atoms with Crippen LogP contribution < -0.4 is 27.4 Å². The van der Waals surface area contributed by atoms with E-state index in [-0.39, 0.29) is 31.4 Å². The van der Waals surface area contributed by atoms with Crippen molar-refractivity contribution < 1.29 is 44.4 Å². The summed E-state index contributed by atoms with van der Waals surface area (Å²) in [7, 11) is 0. The van der Waals surface area contributed by atoms with E-state index >= 15 is 0 Å². The summed E-state index contributed by atoms with van der Waals surface area (Å²) >= 11 is 0. The largest absolute Gasteiger partial charge is 0.508 e. The Bertz CT molecular complexity index is 926. The number of phenolic OH excluding ortho intramolecular Hbond substituents is 1. The summed E-state index contributed by atoms with van der Waals surface area (Å²) in [5.41, 5.74) is 11.6. The van der Waals surface area contributed by atoms with Gasteiger partial charge in [0.05, 0.1) is 12.6 Å². The summed E-state index contributed by atoms with van der Waals surface area (Å²) < 4.78 is 0.